The number of allylic oxidation sites excluding steroid dienone is 3. The third-order valence-corrected chi connectivity index (χ3v) is 8.04. The molecule has 37 heavy (non-hydrogen) atoms. The highest BCUT2D eigenvalue weighted by Gasteiger charge is 2.43. The molecule has 1 aromatic rings. The molecule has 1 saturated heterocycles. The van der Waals surface area contributed by atoms with Crippen LogP contribution in [-0.2, 0) is 20.7 Å². The molecule has 0 radical (unpaired) electrons. The monoisotopic (exact) mass is 510 g/mol. The van der Waals surface area contributed by atoms with Gasteiger partial charge in [-0.15, -0.1) is 6.58 Å². The summed E-state index contributed by atoms with van der Waals surface area (Å²) < 4.78 is 18.2. The van der Waals surface area contributed by atoms with Gasteiger partial charge >= 0.3 is 5.97 Å². The van der Waals surface area contributed by atoms with Crippen molar-refractivity contribution < 1.29 is 29.2 Å². The lowest BCUT2D eigenvalue weighted by atomic mass is 9.66. The third-order valence-electron chi connectivity index (χ3n) is 8.04. The minimum atomic E-state index is -0.732. The van der Waals surface area contributed by atoms with Crippen LogP contribution in [0.5, 0.6) is 5.75 Å². The topological polar surface area (TPSA) is 85.2 Å². The highest BCUT2D eigenvalue weighted by atomic mass is 16.6. The zero-order valence-electron chi connectivity index (χ0n) is 22.1. The van der Waals surface area contributed by atoms with Crippen LogP contribution in [-0.4, -0.2) is 53.3 Å². The predicted octanol–water partition coefficient (Wildman–Crippen LogP) is 4.93. The van der Waals surface area contributed by atoms with Crippen molar-refractivity contribution in [3.05, 3.63) is 66.3 Å². The second-order valence-electron chi connectivity index (χ2n) is 10.7. The van der Waals surface area contributed by atoms with Gasteiger partial charge in [0.15, 0.2) is 6.10 Å². The number of para-hydroxylation sites is 1. The molecular formula is C31H42O6. The molecule has 0 spiro atoms. The van der Waals surface area contributed by atoms with Gasteiger partial charge in [-0.25, -0.2) is 4.79 Å². The van der Waals surface area contributed by atoms with Crippen LogP contribution in [0.2, 0.25) is 0 Å². The molecule has 4 rings (SSSR count). The van der Waals surface area contributed by atoms with E-state index in [9.17, 15) is 15.0 Å². The van der Waals surface area contributed by atoms with E-state index < -0.39 is 24.3 Å². The third kappa shape index (κ3) is 6.92. The predicted molar refractivity (Wildman–Crippen MR) is 143 cm³/mol. The van der Waals surface area contributed by atoms with Crippen molar-refractivity contribution in [2.75, 3.05) is 6.61 Å². The van der Waals surface area contributed by atoms with E-state index in [0.717, 1.165) is 24.0 Å². The zero-order valence-corrected chi connectivity index (χ0v) is 22.1. The first-order valence-electron chi connectivity index (χ1n) is 13.8. The molecular weight excluding hydrogens is 468 g/mol. The number of rotatable bonds is 10. The SMILES string of the molecule is C=CCc1ccccc1OC(CC)C(=O)O[C@H]1C[C@H](O)C=C2C=C[C@H](C)[C@H](CC[C@@H]3C[C@H](O)CCO3)[C@H]21. The van der Waals surface area contributed by atoms with Crippen LogP contribution in [0.4, 0.5) is 0 Å². The molecule has 0 amide bonds. The fraction of sp³-hybridized carbons (Fsp3) is 0.581. The van der Waals surface area contributed by atoms with Gasteiger partial charge in [0, 0.05) is 18.9 Å². The molecule has 0 aromatic heterocycles. The Morgan fingerprint density at radius 1 is 1.24 bits per heavy atom. The minimum absolute atomic E-state index is 0.00595. The second-order valence-corrected chi connectivity index (χ2v) is 10.7. The van der Waals surface area contributed by atoms with Crippen molar-refractivity contribution >= 4 is 5.97 Å². The number of carbonyl (C=O) groups excluding carboxylic acids is 1. The highest BCUT2D eigenvalue weighted by molar-refractivity contribution is 5.75. The summed E-state index contributed by atoms with van der Waals surface area (Å²) >= 11 is 0. The molecule has 1 unspecified atom stereocenters. The van der Waals surface area contributed by atoms with Gasteiger partial charge in [0.1, 0.15) is 11.9 Å². The number of benzene rings is 1. The van der Waals surface area contributed by atoms with Crippen molar-refractivity contribution in [3.63, 3.8) is 0 Å². The van der Waals surface area contributed by atoms with Crippen LogP contribution in [0, 0.1) is 17.8 Å². The van der Waals surface area contributed by atoms with Crippen LogP contribution in [0.1, 0.15) is 57.9 Å². The van der Waals surface area contributed by atoms with E-state index in [1.165, 1.54) is 0 Å². The van der Waals surface area contributed by atoms with E-state index >= 15 is 0 Å². The first kappa shape index (κ1) is 27.6. The van der Waals surface area contributed by atoms with E-state index in [1.807, 2.05) is 43.3 Å². The maximum absolute atomic E-state index is 13.4. The average molecular weight is 511 g/mol. The molecule has 2 aliphatic carbocycles. The van der Waals surface area contributed by atoms with Crippen molar-refractivity contribution in [1.82, 2.24) is 0 Å². The summed E-state index contributed by atoms with van der Waals surface area (Å²) in [6.07, 6.45) is 10.6. The summed E-state index contributed by atoms with van der Waals surface area (Å²) in [7, 11) is 0. The molecule has 3 aliphatic rings. The van der Waals surface area contributed by atoms with Crippen molar-refractivity contribution in [2.24, 2.45) is 17.8 Å². The Balaban J connectivity index is 1.48. The van der Waals surface area contributed by atoms with Crippen LogP contribution in [0.15, 0.2) is 60.7 Å². The number of ether oxygens (including phenoxy) is 3. The molecule has 0 saturated carbocycles. The second kappa shape index (κ2) is 12.9. The van der Waals surface area contributed by atoms with Gasteiger partial charge in [0.05, 0.1) is 18.3 Å². The van der Waals surface area contributed by atoms with E-state index in [2.05, 4.69) is 25.7 Å². The molecule has 0 bridgehead atoms. The van der Waals surface area contributed by atoms with Gasteiger partial charge in [-0.2, -0.15) is 0 Å². The van der Waals surface area contributed by atoms with Crippen LogP contribution >= 0.6 is 0 Å². The Hall–Kier alpha value is -2.41. The molecule has 1 aromatic carbocycles. The van der Waals surface area contributed by atoms with Crippen LogP contribution in [0.3, 0.4) is 0 Å². The van der Waals surface area contributed by atoms with Gasteiger partial charge in [-0.1, -0.05) is 56.4 Å². The molecule has 1 heterocycles. The van der Waals surface area contributed by atoms with E-state index in [-0.39, 0.29) is 24.0 Å². The normalized spacial score (nSPS) is 32.1. The Labute approximate surface area is 221 Å². The number of aliphatic hydroxyl groups is 2. The van der Waals surface area contributed by atoms with Crippen molar-refractivity contribution in [2.45, 2.75) is 89.3 Å². The molecule has 202 valence electrons. The van der Waals surface area contributed by atoms with Gasteiger partial charge in [-0.3, -0.25) is 0 Å². The summed E-state index contributed by atoms with van der Waals surface area (Å²) in [5.74, 6) is 0.826. The first-order valence-corrected chi connectivity index (χ1v) is 13.8. The first-order chi connectivity index (χ1) is 17.9. The van der Waals surface area contributed by atoms with Gasteiger partial charge in [0.2, 0.25) is 0 Å². The molecule has 1 fully saturated rings. The zero-order chi connectivity index (χ0) is 26.4. The molecule has 2 N–H and O–H groups in total. The van der Waals surface area contributed by atoms with Gasteiger partial charge < -0.3 is 24.4 Å². The van der Waals surface area contributed by atoms with E-state index in [1.54, 1.807) is 0 Å². The van der Waals surface area contributed by atoms with E-state index in [0.29, 0.717) is 50.4 Å². The lowest BCUT2D eigenvalue weighted by Gasteiger charge is -2.43. The van der Waals surface area contributed by atoms with Gasteiger partial charge in [0.25, 0.3) is 0 Å². The highest BCUT2D eigenvalue weighted by Crippen LogP contribution is 2.44. The number of carbonyl (C=O) groups is 1. The number of esters is 1. The number of fused-ring (bicyclic) bond motifs is 1. The molecule has 1 aliphatic heterocycles. The molecule has 6 heteroatoms. The summed E-state index contributed by atoms with van der Waals surface area (Å²) in [4.78, 5) is 13.4. The summed E-state index contributed by atoms with van der Waals surface area (Å²) in [6, 6.07) is 7.68. The fourth-order valence-corrected chi connectivity index (χ4v) is 6.05. The summed E-state index contributed by atoms with van der Waals surface area (Å²) in [5, 5.41) is 20.6. The Kier molecular flexibility index (Phi) is 9.63. The van der Waals surface area contributed by atoms with E-state index in [4.69, 9.17) is 14.2 Å². The lowest BCUT2D eigenvalue weighted by Crippen LogP contribution is -2.44. The minimum Gasteiger partial charge on any atom is -0.478 e. The maximum atomic E-state index is 13.4. The number of hydrogen-bond acceptors (Lipinski definition) is 6. The molecule has 6 nitrogen and oxygen atoms in total. The standard InChI is InChI=1S/C31H42O6/c1-4-8-21-9-6-7-10-28(21)36-27(5-2)31(34)37-29-19-24(33)17-22-12-11-20(3)26(30(22)29)14-13-25-18-23(32)15-16-35-25/h4,6-7,9-12,17,20,23-27,29-30,32-33H,1,5,8,13-16,18-19H2,2-3H3/t20-,23+,24+,25+,26-,27?,29-,30-/m0/s1. The Morgan fingerprint density at radius 3 is 2.81 bits per heavy atom. The number of hydrogen-bond donors (Lipinski definition) is 2. The van der Waals surface area contributed by atoms with Crippen molar-refractivity contribution in [3.8, 4) is 5.75 Å². The Bertz CT molecular complexity index is 984. The van der Waals surface area contributed by atoms with Gasteiger partial charge in [-0.05, 0) is 67.6 Å². The largest absolute Gasteiger partial charge is 0.478 e. The average Bonchev–Trinajstić information content (AvgIpc) is 2.88. The van der Waals surface area contributed by atoms with Crippen LogP contribution in [0.25, 0.3) is 0 Å². The lowest BCUT2D eigenvalue weighted by molar-refractivity contribution is -0.163. The quantitative estimate of drug-likeness (QED) is 0.343. The summed E-state index contributed by atoms with van der Waals surface area (Å²) in [5.41, 5.74) is 2.01. The molecule has 8 atom stereocenters. The smallest absolute Gasteiger partial charge is 0.347 e. The maximum Gasteiger partial charge on any atom is 0.347 e. The van der Waals surface area contributed by atoms with Crippen LogP contribution < -0.4 is 4.74 Å². The Morgan fingerprint density at radius 2 is 2.05 bits per heavy atom. The summed E-state index contributed by atoms with van der Waals surface area (Å²) in [6.45, 7) is 8.53. The van der Waals surface area contributed by atoms with Crippen molar-refractivity contribution in [1.29, 1.82) is 0 Å². The fourth-order valence-electron chi connectivity index (χ4n) is 6.05. The number of aliphatic hydroxyl groups excluding tert-OH is 2.